The molecule has 1 aromatic rings. The molecule has 0 saturated heterocycles. The summed E-state index contributed by atoms with van der Waals surface area (Å²) in [7, 11) is 0. The third-order valence-corrected chi connectivity index (χ3v) is 3.57. The summed E-state index contributed by atoms with van der Waals surface area (Å²) in [5.74, 6) is 0.841. The second-order valence-corrected chi connectivity index (χ2v) is 5.02. The van der Waals surface area contributed by atoms with Gasteiger partial charge in [0.1, 0.15) is 5.82 Å². The number of hydrogen-bond acceptors (Lipinski definition) is 5. The maximum absolute atomic E-state index is 8.60. The predicted molar refractivity (Wildman–Crippen MR) is 74.3 cm³/mol. The highest BCUT2D eigenvalue weighted by molar-refractivity contribution is 7.98. The van der Waals surface area contributed by atoms with E-state index in [4.69, 9.17) is 5.26 Å². The maximum atomic E-state index is 8.60. The molecule has 0 aliphatic heterocycles. The highest BCUT2D eigenvalue weighted by Crippen LogP contribution is 2.24. The maximum Gasteiger partial charge on any atom is 0.189 e. The van der Waals surface area contributed by atoms with Crippen LogP contribution in [0.2, 0.25) is 0 Å². The van der Waals surface area contributed by atoms with Crippen molar-refractivity contribution < 1.29 is 0 Å². The van der Waals surface area contributed by atoms with E-state index in [2.05, 4.69) is 15.3 Å². The monoisotopic (exact) mass is 260 g/mol. The first-order chi connectivity index (χ1) is 8.83. The van der Waals surface area contributed by atoms with E-state index >= 15 is 0 Å². The average Bonchev–Trinajstić information content (AvgIpc) is 2.90. The summed E-state index contributed by atoms with van der Waals surface area (Å²) >= 11 is 1.52. The lowest BCUT2D eigenvalue weighted by Crippen LogP contribution is -2.16. The van der Waals surface area contributed by atoms with Gasteiger partial charge in [-0.2, -0.15) is 5.26 Å². The number of thioether (sulfide) groups is 1. The molecule has 0 spiro atoms. The number of hydrogen-bond donors (Lipinski definition) is 1. The van der Waals surface area contributed by atoms with E-state index in [9.17, 15) is 0 Å². The minimum Gasteiger partial charge on any atom is -0.367 e. The van der Waals surface area contributed by atoms with Crippen molar-refractivity contribution in [1.29, 1.82) is 5.26 Å². The fraction of sp³-hybridized carbons (Fsp3) is 0.462. The molecule has 1 fully saturated rings. The van der Waals surface area contributed by atoms with Crippen LogP contribution in [-0.4, -0.2) is 22.3 Å². The minimum absolute atomic E-state index is 0.504. The summed E-state index contributed by atoms with van der Waals surface area (Å²) in [5.41, 5.74) is 0.876. The van der Waals surface area contributed by atoms with E-state index in [0.717, 1.165) is 16.5 Å². The minimum atomic E-state index is 0.504. The molecule has 1 N–H and O–H groups in total. The highest BCUT2D eigenvalue weighted by Gasteiger charge is 2.16. The number of nitrogens with one attached hydrogen (secondary N) is 1. The lowest BCUT2D eigenvalue weighted by Gasteiger charge is -2.14. The Morgan fingerprint density at radius 3 is 2.94 bits per heavy atom. The first kappa shape index (κ1) is 12.9. The van der Waals surface area contributed by atoms with Gasteiger partial charge in [-0.05, 0) is 25.2 Å². The van der Waals surface area contributed by atoms with E-state index in [1.807, 2.05) is 12.3 Å². The Kier molecular flexibility index (Phi) is 4.59. The first-order valence-electron chi connectivity index (χ1n) is 6.07. The Bertz CT molecular complexity index is 472. The van der Waals surface area contributed by atoms with Gasteiger partial charge in [-0.3, -0.25) is 0 Å². The van der Waals surface area contributed by atoms with Crippen molar-refractivity contribution in [3.8, 4) is 6.07 Å². The summed E-state index contributed by atoms with van der Waals surface area (Å²) in [5, 5.41) is 12.8. The second kappa shape index (κ2) is 6.41. The van der Waals surface area contributed by atoms with Gasteiger partial charge in [0, 0.05) is 23.9 Å². The Labute approximate surface area is 112 Å². The molecule has 1 aliphatic rings. The molecule has 1 aromatic heterocycles. The third-order valence-electron chi connectivity index (χ3n) is 3.01. The third kappa shape index (κ3) is 3.23. The molecule has 0 aromatic carbocycles. The summed E-state index contributed by atoms with van der Waals surface area (Å²) in [6.07, 6.45) is 11.9. The zero-order chi connectivity index (χ0) is 12.8. The van der Waals surface area contributed by atoms with Crippen molar-refractivity contribution in [2.45, 2.75) is 36.9 Å². The van der Waals surface area contributed by atoms with Gasteiger partial charge in [0.2, 0.25) is 0 Å². The summed E-state index contributed by atoms with van der Waals surface area (Å²) < 4.78 is 0. The van der Waals surface area contributed by atoms with Crippen LogP contribution in [-0.2, 0) is 0 Å². The van der Waals surface area contributed by atoms with Crippen molar-refractivity contribution in [2.75, 3.05) is 11.6 Å². The van der Waals surface area contributed by atoms with Gasteiger partial charge in [-0.25, -0.2) is 9.97 Å². The van der Waals surface area contributed by atoms with Crippen LogP contribution < -0.4 is 5.32 Å². The smallest absolute Gasteiger partial charge is 0.189 e. The van der Waals surface area contributed by atoms with Gasteiger partial charge in [0.25, 0.3) is 0 Å². The molecule has 2 rings (SSSR count). The molecule has 1 heterocycles. The van der Waals surface area contributed by atoms with Gasteiger partial charge in [-0.1, -0.05) is 24.6 Å². The zero-order valence-corrected chi connectivity index (χ0v) is 11.2. The van der Waals surface area contributed by atoms with E-state index in [1.165, 1.54) is 43.5 Å². The molecule has 1 aliphatic carbocycles. The van der Waals surface area contributed by atoms with Crippen LogP contribution in [0.5, 0.6) is 0 Å². The van der Waals surface area contributed by atoms with Crippen molar-refractivity contribution in [2.24, 2.45) is 0 Å². The molecule has 0 radical (unpaired) electrons. The number of nitrogens with zero attached hydrogens (tertiary/aromatic N) is 3. The molecule has 1 saturated carbocycles. The Balaban J connectivity index is 2.22. The van der Waals surface area contributed by atoms with Gasteiger partial charge in [0.15, 0.2) is 5.16 Å². The van der Waals surface area contributed by atoms with Gasteiger partial charge < -0.3 is 5.32 Å². The Hall–Kier alpha value is -1.54. The van der Waals surface area contributed by atoms with Crippen molar-refractivity contribution in [1.82, 2.24) is 9.97 Å². The van der Waals surface area contributed by atoms with E-state index in [0.29, 0.717) is 6.04 Å². The molecule has 0 bridgehead atoms. The molecular formula is C13H16N4S. The number of aromatic nitrogens is 2. The molecular weight excluding hydrogens is 244 g/mol. The molecule has 0 unspecified atom stereocenters. The van der Waals surface area contributed by atoms with Crippen LogP contribution in [0.4, 0.5) is 5.82 Å². The molecule has 94 valence electrons. The van der Waals surface area contributed by atoms with Gasteiger partial charge >= 0.3 is 0 Å². The molecule has 4 nitrogen and oxygen atoms in total. The largest absolute Gasteiger partial charge is 0.367 e. The summed E-state index contributed by atoms with van der Waals surface area (Å²) in [6, 6.07) is 2.50. The molecule has 0 amide bonds. The van der Waals surface area contributed by atoms with E-state index in [-0.39, 0.29) is 0 Å². The molecule has 18 heavy (non-hydrogen) atoms. The lowest BCUT2D eigenvalue weighted by atomic mass is 10.2. The van der Waals surface area contributed by atoms with Gasteiger partial charge in [0.05, 0.1) is 6.07 Å². The quantitative estimate of drug-likeness (QED) is 0.512. The normalized spacial score (nSPS) is 16.0. The van der Waals surface area contributed by atoms with Crippen LogP contribution in [0.25, 0.3) is 6.08 Å². The second-order valence-electron chi connectivity index (χ2n) is 4.25. The van der Waals surface area contributed by atoms with Crippen LogP contribution in [0.1, 0.15) is 31.2 Å². The molecule has 0 atom stereocenters. The number of nitriles is 1. The summed E-state index contributed by atoms with van der Waals surface area (Å²) in [4.78, 5) is 8.72. The highest BCUT2D eigenvalue weighted by atomic mass is 32.2. The Morgan fingerprint density at radius 1 is 1.50 bits per heavy atom. The Morgan fingerprint density at radius 2 is 2.28 bits per heavy atom. The average molecular weight is 260 g/mol. The lowest BCUT2D eigenvalue weighted by molar-refractivity contribution is 0.745. The van der Waals surface area contributed by atoms with Crippen molar-refractivity contribution >= 4 is 23.7 Å². The van der Waals surface area contributed by atoms with Crippen LogP contribution >= 0.6 is 11.8 Å². The fourth-order valence-corrected chi connectivity index (χ4v) is 2.44. The molecule has 5 heteroatoms. The number of anilines is 1. The van der Waals surface area contributed by atoms with Gasteiger partial charge in [-0.15, -0.1) is 0 Å². The predicted octanol–water partition coefficient (Wildman–Crippen LogP) is 3.09. The van der Waals surface area contributed by atoms with E-state index < -0.39 is 0 Å². The fourth-order valence-electron chi connectivity index (χ4n) is 2.10. The van der Waals surface area contributed by atoms with Crippen LogP contribution in [0.3, 0.4) is 0 Å². The van der Waals surface area contributed by atoms with E-state index in [1.54, 1.807) is 12.3 Å². The van der Waals surface area contributed by atoms with Crippen molar-refractivity contribution in [3.05, 3.63) is 17.8 Å². The van der Waals surface area contributed by atoms with Crippen molar-refractivity contribution in [3.63, 3.8) is 0 Å². The number of rotatable bonds is 4. The van der Waals surface area contributed by atoms with Crippen LogP contribution in [0, 0.1) is 11.3 Å². The topological polar surface area (TPSA) is 61.6 Å². The standard InChI is InChI=1S/C13H16N4S/c1-18-13-15-9-10(5-4-8-14)12(17-13)16-11-6-2-3-7-11/h4-5,9,11H,2-3,6-7H2,1H3,(H,15,16,17)/b5-4+. The summed E-state index contributed by atoms with van der Waals surface area (Å²) in [6.45, 7) is 0. The SMILES string of the molecule is CSc1ncc(/C=C/C#N)c(NC2CCCC2)n1. The first-order valence-corrected chi connectivity index (χ1v) is 7.29. The van der Waals surface area contributed by atoms with Crippen LogP contribution in [0.15, 0.2) is 17.4 Å². The zero-order valence-electron chi connectivity index (χ0n) is 10.4. The number of allylic oxidation sites excluding steroid dienone is 1.